The Morgan fingerprint density at radius 2 is 1.93 bits per heavy atom. The number of aromatic nitrogens is 8. The molecule has 0 aliphatic carbocycles. The van der Waals surface area contributed by atoms with Crippen LogP contribution in [0.3, 0.4) is 0 Å². The van der Waals surface area contributed by atoms with Crippen molar-refractivity contribution in [2.24, 2.45) is 7.05 Å². The summed E-state index contributed by atoms with van der Waals surface area (Å²) >= 11 is 18.3. The summed E-state index contributed by atoms with van der Waals surface area (Å²) in [5, 5.41) is 8.54. The first-order chi connectivity index (χ1) is 14.5. The Balaban J connectivity index is 1.38. The smallest absolute Gasteiger partial charge is 0.226 e. The largest absolute Gasteiger partial charge is 0.368 e. The van der Waals surface area contributed by atoms with Gasteiger partial charge in [-0.2, -0.15) is 15.1 Å². The lowest BCUT2D eigenvalue weighted by Gasteiger charge is -2.06. The van der Waals surface area contributed by atoms with Crippen LogP contribution in [0.5, 0.6) is 0 Å². The lowest BCUT2D eigenvalue weighted by molar-refractivity contribution is 0.767. The summed E-state index contributed by atoms with van der Waals surface area (Å²) in [5.41, 5.74) is 3.65. The monoisotopic (exact) mass is 461 g/mol. The first-order valence-electron chi connectivity index (χ1n) is 8.95. The van der Waals surface area contributed by atoms with Gasteiger partial charge >= 0.3 is 0 Å². The summed E-state index contributed by atoms with van der Waals surface area (Å²) in [6, 6.07) is 3.51. The highest BCUT2D eigenvalue weighted by Crippen LogP contribution is 2.27. The van der Waals surface area contributed by atoms with E-state index in [0.717, 1.165) is 22.5 Å². The Labute approximate surface area is 185 Å². The van der Waals surface area contributed by atoms with E-state index in [-0.39, 0.29) is 5.28 Å². The van der Waals surface area contributed by atoms with E-state index >= 15 is 0 Å². The Kier molecular flexibility index (Phi) is 4.73. The number of hydrogen-bond acceptors (Lipinski definition) is 6. The molecule has 0 aliphatic heterocycles. The van der Waals surface area contributed by atoms with Crippen LogP contribution in [0.4, 0.5) is 5.82 Å². The number of nitrogens with one attached hydrogen (secondary N) is 2. The van der Waals surface area contributed by atoms with E-state index in [1.54, 1.807) is 29.3 Å². The van der Waals surface area contributed by atoms with Gasteiger partial charge in [-0.05, 0) is 23.7 Å². The standard InChI is InChI=1S/C18H14Cl3N9/c1-29-7-9(6-24-29)30-8-23-15-16(27-18(21)28-17(15)30)22-3-2-14-25-12-4-10(19)11(20)5-13(12)26-14/h4-8H,2-3H2,1H3,(H,25,26)(H,22,27,28). The number of benzene rings is 1. The van der Waals surface area contributed by atoms with Crippen LogP contribution in [0, 0.1) is 0 Å². The van der Waals surface area contributed by atoms with Gasteiger partial charge in [0, 0.05) is 26.2 Å². The fraction of sp³-hybridized carbons (Fsp3) is 0.167. The van der Waals surface area contributed by atoms with E-state index in [9.17, 15) is 0 Å². The second-order valence-corrected chi connectivity index (χ2v) is 7.80. The molecule has 0 radical (unpaired) electrons. The van der Waals surface area contributed by atoms with Gasteiger partial charge in [-0.15, -0.1) is 0 Å². The summed E-state index contributed by atoms with van der Waals surface area (Å²) in [5.74, 6) is 1.35. The minimum absolute atomic E-state index is 0.128. The predicted molar refractivity (Wildman–Crippen MR) is 117 cm³/mol. The minimum atomic E-state index is 0.128. The molecule has 5 rings (SSSR count). The van der Waals surface area contributed by atoms with Gasteiger partial charge in [-0.25, -0.2) is 9.97 Å². The van der Waals surface area contributed by atoms with Gasteiger partial charge in [0.1, 0.15) is 12.2 Å². The molecule has 0 saturated carbocycles. The van der Waals surface area contributed by atoms with Crippen LogP contribution in [0.2, 0.25) is 15.3 Å². The van der Waals surface area contributed by atoms with Crippen LogP contribution >= 0.6 is 34.8 Å². The first-order valence-corrected chi connectivity index (χ1v) is 10.1. The van der Waals surface area contributed by atoms with Crippen molar-refractivity contribution in [1.82, 2.24) is 39.3 Å². The van der Waals surface area contributed by atoms with Gasteiger partial charge in [0.15, 0.2) is 17.0 Å². The van der Waals surface area contributed by atoms with Gasteiger partial charge in [0.25, 0.3) is 0 Å². The minimum Gasteiger partial charge on any atom is -0.368 e. The van der Waals surface area contributed by atoms with Crippen LogP contribution in [0.15, 0.2) is 30.9 Å². The molecule has 1 aromatic carbocycles. The number of anilines is 1. The average molecular weight is 463 g/mol. The van der Waals surface area contributed by atoms with E-state index in [1.807, 2.05) is 17.8 Å². The van der Waals surface area contributed by atoms with Crippen molar-refractivity contribution in [2.45, 2.75) is 6.42 Å². The van der Waals surface area contributed by atoms with Gasteiger partial charge in [-0.3, -0.25) is 9.25 Å². The molecule has 0 atom stereocenters. The van der Waals surface area contributed by atoms with Gasteiger partial charge in [-0.1, -0.05) is 23.2 Å². The van der Waals surface area contributed by atoms with Crippen LogP contribution in [0.1, 0.15) is 5.82 Å². The molecule has 5 aromatic rings. The molecule has 4 aromatic heterocycles. The quantitative estimate of drug-likeness (QED) is 0.382. The Morgan fingerprint density at radius 3 is 2.73 bits per heavy atom. The highest BCUT2D eigenvalue weighted by Gasteiger charge is 2.15. The van der Waals surface area contributed by atoms with Crippen molar-refractivity contribution in [2.75, 3.05) is 11.9 Å². The molecule has 0 amide bonds. The van der Waals surface area contributed by atoms with Crippen molar-refractivity contribution in [1.29, 1.82) is 0 Å². The van der Waals surface area contributed by atoms with Crippen molar-refractivity contribution in [3.8, 4) is 5.69 Å². The predicted octanol–water partition coefficient (Wildman–Crippen LogP) is 4.04. The SMILES string of the molecule is Cn1cc(-n2cnc3c(NCCc4nc5cc(Cl)c(Cl)cc5[nH]4)nc(Cl)nc32)cn1. The summed E-state index contributed by atoms with van der Waals surface area (Å²) in [6.07, 6.45) is 5.88. The highest BCUT2D eigenvalue weighted by atomic mass is 35.5. The molecule has 0 unspecified atom stereocenters. The van der Waals surface area contributed by atoms with Crippen molar-refractivity contribution < 1.29 is 0 Å². The Hall–Kier alpha value is -2.88. The highest BCUT2D eigenvalue weighted by molar-refractivity contribution is 6.42. The third-order valence-corrected chi connectivity index (χ3v) is 5.46. The molecule has 0 aliphatic rings. The normalized spacial score (nSPS) is 11.6. The molecule has 2 N–H and O–H groups in total. The molecule has 0 saturated heterocycles. The number of fused-ring (bicyclic) bond motifs is 2. The fourth-order valence-electron chi connectivity index (χ4n) is 3.19. The summed E-state index contributed by atoms with van der Waals surface area (Å²) in [6.45, 7) is 0.559. The molecule has 4 heterocycles. The number of rotatable bonds is 5. The molecule has 9 nitrogen and oxygen atoms in total. The van der Waals surface area contributed by atoms with Crippen molar-refractivity contribution in [3.63, 3.8) is 0 Å². The van der Waals surface area contributed by atoms with Gasteiger partial charge in [0.2, 0.25) is 5.28 Å². The summed E-state index contributed by atoms with van der Waals surface area (Å²) in [4.78, 5) is 20.9. The number of H-pyrrole nitrogens is 1. The van der Waals surface area contributed by atoms with Crippen LogP contribution in [-0.2, 0) is 13.5 Å². The summed E-state index contributed by atoms with van der Waals surface area (Å²) in [7, 11) is 1.84. The van der Waals surface area contributed by atoms with E-state index in [2.05, 4.69) is 35.3 Å². The zero-order chi connectivity index (χ0) is 20.8. The average Bonchev–Trinajstić information content (AvgIpc) is 3.40. The topological polar surface area (TPSA) is 102 Å². The lowest BCUT2D eigenvalue weighted by Crippen LogP contribution is -2.08. The van der Waals surface area contributed by atoms with Crippen molar-refractivity contribution in [3.05, 3.63) is 52.0 Å². The first kappa shape index (κ1) is 19.1. The maximum Gasteiger partial charge on any atom is 0.226 e. The van der Waals surface area contributed by atoms with Crippen LogP contribution in [-0.4, -0.2) is 45.8 Å². The van der Waals surface area contributed by atoms with Gasteiger partial charge < -0.3 is 10.3 Å². The number of halogens is 3. The molecular formula is C18H14Cl3N9. The molecule has 30 heavy (non-hydrogen) atoms. The molecule has 152 valence electrons. The lowest BCUT2D eigenvalue weighted by atomic mass is 10.3. The third kappa shape index (κ3) is 3.45. The maximum absolute atomic E-state index is 6.16. The molecule has 0 bridgehead atoms. The third-order valence-electron chi connectivity index (χ3n) is 4.57. The van der Waals surface area contributed by atoms with Crippen LogP contribution in [0.25, 0.3) is 27.9 Å². The molecular weight excluding hydrogens is 449 g/mol. The Bertz CT molecular complexity index is 1350. The van der Waals surface area contributed by atoms with E-state index in [4.69, 9.17) is 34.8 Å². The number of hydrogen-bond donors (Lipinski definition) is 2. The summed E-state index contributed by atoms with van der Waals surface area (Å²) < 4.78 is 3.52. The molecule has 0 spiro atoms. The zero-order valence-corrected chi connectivity index (χ0v) is 17.8. The molecule has 0 fully saturated rings. The van der Waals surface area contributed by atoms with Crippen molar-refractivity contribution >= 4 is 62.8 Å². The van der Waals surface area contributed by atoms with Crippen LogP contribution < -0.4 is 5.32 Å². The van der Waals surface area contributed by atoms with E-state index < -0.39 is 0 Å². The fourth-order valence-corrected chi connectivity index (χ4v) is 3.68. The molecule has 12 heteroatoms. The number of nitrogens with zero attached hydrogens (tertiary/aromatic N) is 7. The van der Waals surface area contributed by atoms with E-state index in [1.165, 1.54) is 0 Å². The van der Waals surface area contributed by atoms with E-state index in [0.29, 0.717) is 40.0 Å². The number of aryl methyl sites for hydroxylation is 1. The second-order valence-electron chi connectivity index (χ2n) is 6.64. The second kappa shape index (κ2) is 7.42. The Morgan fingerprint density at radius 1 is 1.10 bits per heavy atom. The number of aromatic amines is 1. The number of imidazole rings is 2. The van der Waals surface area contributed by atoms with Gasteiger partial charge in [0.05, 0.1) is 33.0 Å². The maximum atomic E-state index is 6.16. The zero-order valence-electron chi connectivity index (χ0n) is 15.6.